The highest BCUT2D eigenvalue weighted by molar-refractivity contribution is 5.08. The van der Waals surface area contributed by atoms with E-state index in [4.69, 9.17) is 19.2 Å². The molecule has 4 aliphatic heterocycles. The third-order valence-electron chi connectivity index (χ3n) is 6.12. The Morgan fingerprint density at radius 2 is 1.85 bits per heavy atom. The maximum absolute atomic E-state index is 10.2. The van der Waals surface area contributed by atoms with Crippen LogP contribution in [0.2, 0.25) is 0 Å². The van der Waals surface area contributed by atoms with Crippen molar-refractivity contribution in [1.82, 2.24) is 0 Å². The Balaban J connectivity index is 1.82. The molecule has 0 aromatic carbocycles. The Morgan fingerprint density at radius 1 is 1.05 bits per heavy atom. The van der Waals surface area contributed by atoms with Crippen molar-refractivity contribution in [3.8, 4) is 0 Å². The van der Waals surface area contributed by atoms with Gasteiger partial charge in [-0.15, -0.1) is 0 Å². The summed E-state index contributed by atoms with van der Waals surface area (Å²) in [4.78, 5) is 11.6. The molecule has 20 heavy (non-hydrogen) atoms. The third kappa shape index (κ3) is 1.56. The minimum Gasteiger partial charge on any atom is -0.368 e. The Morgan fingerprint density at radius 3 is 2.65 bits per heavy atom. The van der Waals surface area contributed by atoms with Gasteiger partial charge in [0, 0.05) is 18.3 Å². The summed E-state index contributed by atoms with van der Waals surface area (Å²) in [6, 6.07) is 0. The van der Waals surface area contributed by atoms with Crippen molar-refractivity contribution in [2.45, 2.75) is 70.4 Å². The minimum atomic E-state index is -0.781. The van der Waals surface area contributed by atoms with Crippen molar-refractivity contribution in [1.29, 1.82) is 0 Å². The summed E-state index contributed by atoms with van der Waals surface area (Å²) in [6.07, 6.45) is 2.72. The maximum Gasteiger partial charge on any atom is 0.201 e. The molecule has 6 unspecified atom stereocenters. The van der Waals surface area contributed by atoms with Crippen molar-refractivity contribution in [3.63, 3.8) is 0 Å². The van der Waals surface area contributed by atoms with Gasteiger partial charge in [-0.25, -0.2) is 9.78 Å². The largest absolute Gasteiger partial charge is 0.368 e. The number of rotatable bonds is 0. The molecule has 2 bridgehead atoms. The Bertz CT molecular complexity index is 411. The molecule has 8 atom stereocenters. The number of aliphatic hydroxyl groups excluding tert-OH is 1. The van der Waals surface area contributed by atoms with Gasteiger partial charge in [0.2, 0.25) is 5.79 Å². The predicted molar refractivity (Wildman–Crippen MR) is 69.0 cm³/mol. The summed E-state index contributed by atoms with van der Waals surface area (Å²) < 4.78 is 11.9. The van der Waals surface area contributed by atoms with Crippen molar-refractivity contribution >= 4 is 0 Å². The van der Waals surface area contributed by atoms with E-state index in [0.717, 1.165) is 19.3 Å². The van der Waals surface area contributed by atoms with Crippen LogP contribution in [-0.2, 0) is 19.2 Å². The van der Waals surface area contributed by atoms with Crippen LogP contribution in [0, 0.1) is 23.7 Å². The number of hydrogen-bond donors (Lipinski definition) is 1. The molecule has 1 spiro atoms. The van der Waals surface area contributed by atoms with Crippen molar-refractivity contribution in [2.75, 3.05) is 0 Å². The molecular formula is C15H24O5. The van der Waals surface area contributed by atoms with E-state index in [1.165, 1.54) is 6.42 Å². The van der Waals surface area contributed by atoms with E-state index in [9.17, 15) is 5.11 Å². The van der Waals surface area contributed by atoms with Crippen LogP contribution in [0.3, 0.4) is 0 Å². The van der Waals surface area contributed by atoms with Gasteiger partial charge in [0.05, 0.1) is 0 Å². The van der Waals surface area contributed by atoms with Crippen molar-refractivity contribution in [2.24, 2.45) is 23.7 Å². The standard InChI is InChI=1S/C15H24O5/c1-8-4-5-11-9(2)12(16)17-13-15(11)10(8)6-7-14(3,18-13)19-20-15/h8-13,16H,4-7H2,1-3H3/t8?,9-,10?,11?,12?,13?,14-,15?/m1/s1. The van der Waals surface area contributed by atoms with Gasteiger partial charge >= 0.3 is 0 Å². The smallest absolute Gasteiger partial charge is 0.201 e. The monoisotopic (exact) mass is 284 g/mol. The van der Waals surface area contributed by atoms with Crippen LogP contribution >= 0.6 is 0 Å². The Labute approximate surface area is 119 Å². The van der Waals surface area contributed by atoms with E-state index in [0.29, 0.717) is 11.8 Å². The second kappa shape index (κ2) is 4.17. The molecule has 5 rings (SSSR count). The van der Waals surface area contributed by atoms with Gasteiger partial charge in [-0.3, -0.25) is 0 Å². The topological polar surface area (TPSA) is 57.2 Å². The van der Waals surface area contributed by atoms with Crippen molar-refractivity contribution < 1.29 is 24.4 Å². The molecule has 1 N–H and O–H groups in total. The first-order chi connectivity index (χ1) is 9.46. The quantitative estimate of drug-likeness (QED) is 0.691. The minimum absolute atomic E-state index is 0.0379. The van der Waals surface area contributed by atoms with Crippen LogP contribution in [0.5, 0.6) is 0 Å². The van der Waals surface area contributed by atoms with Gasteiger partial charge in [0.15, 0.2) is 18.2 Å². The predicted octanol–water partition coefficient (Wildman–Crippen LogP) is 2.19. The van der Waals surface area contributed by atoms with E-state index >= 15 is 0 Å². The number of hydrogen-bond acceptors (Lipinski definition) is 5. The van der Waals surface area contributed by atoms with Crippen LogP contribution in [-0.4, -0.2) is 29.1 Å². The molecule has 0 aromatic rings. The lowest BCUT2D eigenvalue weighted by Gasteiger charge is -2.59. The lowest BCUT2D eigenvalue weighted by molar-refractivity contribution is -0.576. The van der Waals surface area contributed by atoms with Crippen LogP contribution in [0.1, 0.15) is 46.5 Å². The third-order valence-corrected chi connectivity index (χ3v) is 6.12. The average Bonchev–Trinajstić information content (AvgIpc) is 2.63. The fourth-order valence-corrected chi connectivity index (χ4v) is 4.89. The maximum atomic E-state index is 10.2. The molecule has 0 radical (unpaired) electrons. The molecule has 4 heterocycles. The van der Waals surface area contributed by atoms with E-state index in [1.807, 2.05) is 13.8 Å². The van der Waals surface area contributed by atoms with Crippen LogP contribution in [0.15, 0.2) is 0 Å². The highest BCUT2D eigenvalue weighted by atomic mass is 17.3. The Kier molecular flexibility index (Phi) is 2.81. The molecule has 1 aliphatic carbocycles. The van der Waals surface area contributed by atoms with E-state index in [1.54, 1.807) is 0 Å². The van der Waals surface area contributed by atoms with Crippen LogP contribution in [0.25, 0.3) is 0 Å². The second-order valence-electron chi connectivity index (χ2n) is 7.30. The Hall–Kier alpha value is -0.200. The second-order valence-corrected chi connectivity index (χ2v) is 7.30. The van der Waals surface area contributed by atoms with Crippen LogP contribution < -0.4 is 0 Å². The highest BCUT2D eigenvalue weighted by Gasteiger charge is 2.69. The summed E-state index contributed by atoms with van der Waals surface area (Å²) in [5.41, 5.74) is -0.549. The van der Waals surface area contributed by atoms with Crippen molar-refractivity contribution in [3.05, 3.63) is 0 Å². The lowest BCUT2D eigenvalue weighted by atomic mass is 9.58. The van der Waals surface area contributed by atoms with Gasteiger partial charge < -0.3 is 14.6 Å². The van der Waals surface area contributed by atoms with E-state index < -0.39 is 24.0 Å². The zero-order chi connectivity index (χ0) is 14.1. The van der Waals surface area contributed by atoms with Gasteiger partial charge in [0.25, 0.3) is 0 Å². The summed E-state index contributed by atoms with van der Waals surface area (Å²) in [5.74, 6) is 0.437. The molecule has 5 heteroatoms. The van der Waals surface area contributed by atoms with E-state index in [2.05, 4.69) is 6.92 Å². The zero-order valence-corrected chi connectivity index (χ0v) is 12.4. The summed E-state index contributed by atoms with van der Waals surface area (Å²) in [5, 5.41) is 10.2. The van der Waals surface area contributed by atoms with Gasteiger partial charge in [-0.1, -0.05) is 13.8 Å². The molecule has 5 fully saturated rings. The average molecular weight is 284 g/mol. The fraction of sp³-hybridized carbons (Fsp3) is 1.00. The summed E-state index contributed by atoms with van der Waals surface area (Å²) in [7, 11) is 0. The van der Waals surface area contributed by atoms with E-state index in [-0.39, 0.29) is 11.8 Å². The molecule has 5 nitrogen and oxygen atoms in total. The molecule has 114 valence electrons. The highest BCUT2D eigenvalue weighted by Crippen LogP contribution is 2.60. The number of ether oxygens (including phenoxy) is 2. The van der Waals surface area contributed by atoms with Gasteiger partial charge in [0.1, 0.15) is 0 Å². The van der Waals surface area contributed by atoms with Gasteiger partial charge in [-0.2, -0.15) is 0 Å². The molecule has 0 amide bonds. The molecule has 4 saturated heterocycles. The summed E-state index contributed by atoms with van der Waals surface area (Å²) >= 11 is 0. The fourth-order valence-electron chi connectivity index (χ4n) is 4.89. The first-order valence-corrected chi connectivity index (χ1v) is 7.84. The molecule has 1 saturated carbocycles. The number of aliphatic hydroxyl groups is 1. The SMILES string of the molecule is CC1CCC2[C@@H](C)C(O)OC3O[C@@]4(C)CCC1C32OO4. The molecule has 0 aromatic heterocycles. The first-order valence-electron chi connectivity index (χ1n) is 7.84. The molecular weight excluding hydrogens is 260 g/mol. The van der Waals surface area contributed by atoms with Crippen LogP contribution in [0.4, 0.5) is 0 Å². The van der Waals surface area contributed by atoms with Gasteiger partial charge in [-0.05, 0) is 38.0 Å². The summed E-state index contributed by atoms with van der Waals surface area (Å²) in [6.45, 7) is 6.22. The molecule has 5 aliphatic rings. The normalized spacial score (nSPS) is 61.8. The lowest BCUT2D eigenvalue weighted by Crippen LogP contribution is -2.70. The number of fused-ring (bicyclic) bond motifs is 2. The first kappa shape index (κ1) is 13.5. The zero-order valence-electron chi connectivity index (χ0n) is 12.4.